The molecule has 1 heterocycles. The molecule has 4 heteroatoms. The summed E-state index contributed by atoms with van der Waals surface area (Å²) in [5.41, 5.74) is 1.91. The van der Waals surface area contributed by atoms with Crippen molar-refractivity contribution in [2.75, 3.05) is 0 Å². The Labute approximate surface area is 93.1 Å². The number of para-hydroxylation sites is 1. The molecule has 0 radical (unpaired) electrons. The van der Waals surface area contributed by atoms with Gasteiger partial charge in [-0.2, -0.15) is 5.10 Å². The molecule has 4 nitrogen and oxygen atoms in total. The van der Waals surface area contributed by atoms with Gasteiger partial charge in [0.25, 0.3) is 0 Å². The number of rotatable bonds is 4. The Kier molecular flexibility index (Phi) is 3.00. The standard InChI is InChI=1S/C12H12N2O2/c15-12(16)7-6-10-8-13-14(9-10)11-4-2-1-3-5-11/h1-5,8-9H,6-7H2,(H,15,16). The van der Waals surface area contributed by atoms with Crippen molar-refractivity contribution in [3.8, 4) is 5.69 Å². The van der Waals surface area contributed by atoms with E-state index >= 15 is 0 Å². The van der Waals surface area contributed by atoms with E-state index in [0.29, 0.717) is 6.42 Å². The first-order valence-electron chi connectivity index (χ1n) is 5.06. The molecule has 0 unspecified atom stereocenters. The van der Waals surface area contributed by atoms with Gasteiger partial charge in [0.1, 0.15) is 0 Å². The van der Waals surface area contributed by atoms with Crippen molar-refractivity contribution in [3.63, 3.8) is 0 Å². The molecule has 2 aromatic rings. The van der Waals surface area contributed by atoms with Crippen molar-refractivity contribution in [3.05, 3.63) is 48.3 Å². The highest BCUT2D eigenvalue weighted by molar-refractivity contribution is 5.67. The van der Waals surface area contributed by atoms with Crippen LogP contribution in [0.4, 0.5) is 0 Å². The van der Waals surface area contributed by atoms with E-state index in [9.17, 15) is 4.79 Å². The zero-order chi connectivity index (χ0) is 11.4. The smallest absolute Gasteiger partial charge is 0.303 e. The normalized spacial score (nSPS) is 10.2. The number of carboxylic acid groups (broad SMARTS) is 1. The Morgan fingerprint density at radius 2 is 2.06 bits per heavy atom. The van der Waals surface area contributed by atoms with Gasteiger partial charge in [0, 0.05) is 12.6 Å². The van der Waals surface area contributed by atoms with E-state index in [-0.39, 0.29) is 6.42 Å². The number of aryl methyl sites for hydroxylation is 1. The number of nitrogens with zero attached hydrogens (tertiary/aromatic N) is 2. The van der Waals surface area contributed by atoms with Crippen molar-refractivity contribution in [2.45, 2.75) is 12.8 Å². The van der Waals surface area contributed by atoms with Gasteiger partial charge in [-0.25, -0.2) is 4.68 Å². The van der Waals surface area contributed by atoms with Crippen LogP contribution in [0.15, 0.2) is 42.7 Å². The predicted octanol–water partition coefficient (Wildman–Crippen LogP) is 1.89. The highest BCUT2D eigenvalue weighted by Crippen LogP contribution is 2.08. The number of hydrogen-bond donors (Lipinski definition) is 1. The molecular formula is C12H12N2O2. The van der Waals surface area contributed by atoms with Gasteiger partial charge in [0.2, 0.25) is 0 Å². The zero-order valence-electron chi connectivity index (χ0n) is 8.71. The SMILES string of the molecule is O=C(O)CCc1cnn(-c2ccccc2)c1. The van der Waals surface area contributed by atoms with Crippen LogP contribution in [-0.2, 0) is 11.2 Å². The van der Waals surface area contributed by atoms with E-state index in [2.05, 4.69) is 5.10 Å². The second-order valence-electron chi connectivity index (χ2n) is 3.52. The molecule has 0 aliphatic carbocycles. The molecule has 0 aliphatic rings. The Bertz CT molecular complexity index is 477. The number of benzene rings is 1. The van der Waals surface area contributed by atoms with Gasteiger partial charge < -0.3 is 5.11 Å². The first-order valence-corrected chi connectivity index (χ1v) is 5.06. The second-order valence-corrected chi connectivity index (χ2v) is 3.52. The van der Waals surface area contributed by atoms with Crippen LogP contribution >= 0.6 is 0 Å². The van der Waals surface area contributed by atoms with Crippen molar-refractivity contribution >= 4 is 5.97 Å². The molecule has 1 aromatic carbocycles. The van der Waals surface area contributed by atoms with Crippen LogP contribution in [-0.4, -0.2) is 20.9 Å². The number of aromatic nitrogens is 2. The molecule has 0 aliphatic heterocycles. The summed E-state index contributed by atoms with van der Waals surface area (Å²) in [6.45, 7) is 0. The maximum Gasteiger partial charge on any atom is 0.303 e. The van der Waals surface area contributed by atoms with Crippen LogP contribution in [0.2, 0.25) is 0 Å². The number of aliphatic carboxylic acids is 1. The van der Waals surface area contributed by atoms with Gasteiger partial charge in [-0.1, -0.05) is 18.2 Å². The summed E-state index contributed by atoms with van der Waals surface area (Å²) in [4.78, 5) is 10.4. The fourth-order valence-corrected chi connectivity index (χ4v) is 1.46. The Hall–Kier alpha value is -2.10. The van der Waals surface area contributed by atoms with Crippen molar-refractivity contribution in [1.82, 2.24) is 9.78 Å². The van der Waals surface area contributed by atoms with Crippen LogP contribution < -0.4 is 0 Å². The molecule has 0 spiro atoms. The second kappa shape index (κ2) is 4.61. The van der Waals surface area contributed by atoms with E-state index < -0.39 is 5.97 Å². The summed E-state index contributed by atoms with van der Waals surface area (Å²) in [5, 5.41) is 12.8. The summed E-state index contributed by atoms with van der Waals surface area (Å²) in [5.74, 6) is -0.785. The van der Waals surface area contributed by atoms with Crippen LogP contribution in [0.5, 0.6) is 0 Å². The lowest BCUT2D eigenvalue weighted by Crippen LogP contribution is -1.96. The molecule has 0 bridgehead atoms. The zero-order valence-corrected chi connectivity index (χ0v) is 8.71. The van der Waals surface area contributed by atoms with Gasteiger partial charge >= 0.3 is 5.97 Å². The van der Waals surface area contributed by atoms with Crippen LogP contribution in [0.25, 0.3) is 5.69 Å². The van der Waals surface area contributed by atoms with E-state index in [4.69, 9.17) is 5.11 Å². The average molecular weight is 216 g/mol. The molecule has 1 N–H and O–H groups in total. The molecule has 0 fully saturated rings. The van der Waals surface area contributed by atoms with E-state index in [0.717, 1.165) is 11.3 Å². The van der Waals surface area contributed by atoms with Crippen LogP contribution in [0.1, 0.15) is 12.0 Å². The minimum atomic E-state index is -0.785. The van der Waals surface area contributed by atoms with E-state index in [1.165, 1.54) is 0 Å². The molecule has 1 aromatic heterocycles. The lowest BCUT2D eigenvalue weighted by molar-refractivity contribution is -0.136. The lowest BCUT2D eigenvalue weighted by atomic mass is 10.2. The third kappa shape index (κ3) is 2.48. The Morgan fingerprint density at radius 3 is 2.75 bits per heavy atom. The maximum absolute atomic E-state index is 10.4. The minimum absolute atomic E-state index is 0.139. The summed E-state index contributed by atoms with van der Waals surface area (Å²) < 4.78 is 1.75. The van der Waals surface area contributed by atoms with Crippen LogP contribution in [0.3, 0.4) is 0 Å². The molecule has 0 amide bonds. The number of carbonyl (C=O) groups is 1. The molecule has 2 rings (SSSR count). The summed E-state index contributed by atoms with van der Waals surface area (Å²) in [6, 6.07) is 9.72. The quantitative estimate of drug-likeness (QED) is 0.849. The minimum Gasteiger partial charge on any atom is -0.481 e. The predicted molar refractivity (Wildman–Crippen MR) is 59.5 cm³/mol. The third-order valence-electron chi connectivity index (χ3n) is 2.28. The monoisotopic (exact) mass is 216 g/mol. The molecule has 0 saturated heterocycles. The molecule has 0 saturated carbocycles. The fraction of sp³-hybridized carbons (Fsp3) is 0.167. The lowest BCUT2D eigenvalue weighted by Gasteiger charge is -1.98. The largest absolute Gasteiger partial charge is 0.481 e. The first-order chi connectivity index (χ1) is 7.75. The third-order valence-corrected chi connectivity index (χ3v) is 2.28. The molecular weight excluding hydrogens is 204 g/mol. The van der Waals surface area contributed by atoms with Gasteiger partial charge in [-0.15, -0.1) is 0 Å². The van der Waals surface area contributed by atoms with Crippen molar-refractivity contribution in [2.24, 2.45) is 0 Å². The molecule has 0 atom stereocenters. The van der Waals surface area contributed by atoms with Gasteiger partial charge in [-0.3, -0.25) is 4.79 Å². The highest BCUT2D eigenvalue weighted by atomic mass is 16.4. The summed E-state index contributed by atoms with van der Waals surface area (Å²) in [6.07, 6.45) is 4.22. The maximum atomic E-state index is 10.4. The number of carboxylic acids is 1. The molecule has 16 heavy (non-hydrogen) atoms. The highest BCUT2D eigenvalue weighted by Gasteiger charge is 2.03. The molecule has 82 valence electrons. The first kappa shape index (κ1) is 10.4. The van der Waals surface area contributed by atoms with Gasteiger partial charge in [-0.05, 0) is 24.1 Å². The fourth-order valence-electron chi connectivity index (χ4n) is 1.46. The summed E-state index contributed by atoms with van der Waals surface area (Å²) in [7, 11) is 0. The van der Waals surface area contributed by atoms with Crippen molar-refractivity contribution < 1.29 is 9.90 Å². The Morgan fingerprint density at radius 1 is 1.31 bits per heavy atom. The summed E-state index contributed by atoms with van der Waals surface area (Å²) >= 11 is 0. The van der Waals surface area contributed by atoms with Crippen LogP contribution in [0, 0.1) is 0 Å². The average Bonchev–Trinajstić information content (AvgIpc) is 2.76. The van der Waals surface area contributed by atoms with Gasteiger partial charge in [0.15, 0.2) is 0 Å². The van der Waals surface area contributed by atoms with E-state index in [1.807, 2.05) is 36.5 Å². The Balaban J connectivity index is 2.11. The topological polar surface area (TPSA) is 55.1 Å². The van der Waals surface area contributed by atoms with E-state index in [1.54, 1.807) is 10.9 Å². The number of hydrogen-bond acceptors (Lipinski definition) is 2. The van der Waals surface area contributed by atoms with Gasteiger partial charge in [0.05, 0.1) is 11.9 Å². The van der Waals surface area contributed by atoms with Crippen molar-refractivity contribution in [1.29, 1.82) is 0 Å².